The molecule has 3 aromatic rings. The van der Waals surface area contributed by atoms with Gasteiger partial charge in [-0.15, -0.1) is 0 Å². The monoisotopic (exact) mass is 412 g/mol. The minimum absolute atomic E-state index is 0.128. The van der Waals surface area contributed by atoms with Crippen LogP contribution in [0, 0.1) is 0 Å². The fourth-order valence-corrected chi connectivity index (χ4v) is 3.47. The maximum absolute atomic E-state index is 11.6. The van der Waals surface area contributed by atoms with Crippen LogP contribution in [0.1, 0.15) is 28.1 Å². The van der Waals surface area contributed by atoms with E-state index in [0.29, 0.717) is 23.8 Å². The van der Waals surface area contributed by atoms with Crippen LogP contribution in [-0.2, 0) is 11.2 Å². The summed E-state index contributed by atoms with van der Waals surface area (Å²) in [4.78, 5) is 11.6. The highest BCUT2D eigenvalue weighted by molar-refractivity contribution is 6.31. The lowest BCUT2D eigenvalue weighted by molar-refractivity contribution is 0.0876. The molecular formula is C23H21ClO5. The Labute approximate surface area is 173 Å². The Bertz CT molecular complexity index is 987. The highest BCUT2D eigenvalue weighted by Crippen LogP contribution is 2.29. The van der Waals surface area contributed by atoms with Crippen molar-refractivity contribution in [3.05, 3.63) is 76.5 Å². The van der Waals surface area contributed by atoms with Gasteiger partial charge in [-0.1, -0.05) is 23.7 Å². The molecule has 2 heterocycles. The van der Waals surface area contributed by atoms with Crippen LogP contribution in [0.4, 0.5) is 0 Å². The second kappa shape index (κ2) is 8.82. The molecule has 0 spiro atoms. The topological polar surface area (TPSA) is 68.9 Å². The van der Waals surface area contributed by atoms with Crippen LogP contribution in [0.2, 0.25) is 5.02 Å². The molecule has 1 aliphatic rings. The maximum atomic E-state index is 11.6. The maximum Gasteiger partial charge on any atom is 0.223 e. The third-order valence-corrected chi connectivity index (χ3v) is 5.23. The standard InChI is InChI=1S/C23H21ClO5/c24-20-6-3-16(22-7-8-23(29-22)21(26)13-25)12-17(20)11-15-1-4-18(5-2-15)28-19-9-10-27-14-19/h1-8,12,19,25H,9-11,13-14H2/t19-/m0/s1. The molecule has 1 atom stereocenters. The molecule has 1 fully saturated rings. The molecular weight excluding hydrogens is 392 g/mol. The summed E-state index contributed by atoms with van der Waals surface area (Å²) in [6.45, 7) is 0.817. The molecule has 6 heteroatoms. The molecule has 0 radical (unpaired) electrons. The molecule has 1 saturated heterocycles. The van der Waals surface area contributed by atoms with Crippen molar-refractivity contribution in [2.75, 3.05) is 19.8 Å². The summed E-state index contributed by atoms with van der Waals surface area (Å²) < 4.78 is 16.8. The fourth-order valence-electron chi connectivity index (χ4n) is 3.29. The van der Waals surface area contributed by atoms with Gasteiger partial charge < -0.3 is 19.0 Å². The van der Waals surface area contributed by atoms with Gasteiger partial charge in [0, 0.05) is 17.0 Å². The van der Waals surface area contributed by atoms with E-state index in [4.69, 9.17) is 30.6 Å². The minimum Gasteiger partial charge on any atom is -0.488 e. The smallest absolute Gasteiger partial charge is 0.223 e. The Hall–Kier alpha value is -2.60. The zero-order valence-corrected chi connectivity index (χ0v) is 16.5. The molecule has 2 aromatic carbocycles. The van der Waals surface area contributed by atoms with Gasteiger partial charge in [0.15, 0.2) is 5.76 Å². The van der Waals surface area contributed by atoms with Crippen LogP contribution < -0.4 is 4.74 Å². The number of benzene rings is 2. The van der Waals surface area contributed by atoms with E-state index in [1.807, 2.05) is 42.5 Å². The van der Waals surface area contributed by atoms with Crippen molar-refractivity contribution in [2.45, 2.75) is 18.9 Å². The van der Waals surface area contributed by atoms with Crippen molar-refractivity contribution in [3.63, 3.8) is 0 Å². The normalized spacial score (nSPS) is 16.1. The first kappa shape index (κ1) is 19.7. The molecule has 5 nitrogen and oxygen atoms in total. The summed E-state index contributed by atoms with van der Waals surface area (Å²) in [5.41, 5.74) is 2.88. The number of carbonyl (C=O) groups is 1. The Morgan fingerprint density at radius 2 is 1.97 bits per heavy atom. The molecule has 1 aliphatic heterocycles. The summed E-state index contributed by atoms with van der Waals surface area (Å²) >= 11 is 6.40. The van der Waals surface area contributed by atoms with E-state index >= 15 is 0 Å². The number of ketones is 1. The van der Waals surface area contributed by atoms with E-state index in [-0.39, 0.29) is 11.9 Å². The van der Waals surface area contributed by atoms with E-state index in [2.05, 4.69) is 0 Å². The van der Waals surface area contributed by atoms with Crippen LogP contribution in [0.15, 0.2) is 59.0 Å². The lowest BCUT2D eigenvalue weighted by atomic mass is 10.0. The summed E-state index contributed by atoms with van der Waals surface area (Å²) in [5.74, 6) is 1.09. The van der Waals surface area contributed by atoms with Gasteiger partial charge in [0.2, 0.25) is 5.78 Å². The molecule has 0 aliphatic carbocycles. The quantitative estimate of drug-likeness (QED) is 0.577. The summed E-state index contributed by atoms with van der Waals surface area (Å²) in [5, 5.41) is 9.63. The largest absolute Gasteiger partial charge is 0.488 e. The highest BCUT2D eigenvalue weighted by atomic mass is 35.5. The molecule has 150 valence electrons. The Balaban J connectivity index is 1.49. The Morgan fingerprint density at radius 3 is 2.69 bits per heavy atom. The zero-order chi connectivity index (χ0) is 20.2. The number of rotatable bonds is 7. The second-order valence-electron chi connectivity index (χ2n) is 6.98. The lowest BCUT2D eigenvalue weighted by Crippen LogP contribution is -2.15. The van der Waals surface area contributed by atoms with Crippen LogP contribution in [-0.4, -0.2) is 36.8 Å². The lowest BCUT2D eigenvalue weighted by Gasteiger charge is -2.12. The number of halogens is 1. The van der Waals surface area contributed by atoms with E-state index in [1.165, 1.54) is 0 Å². The van der Waals surface area contributed by atoms with Gasteiger partial charge in [-0.3, -0.25) is 4.79 Å². The van der Waals surface area contributed by atoms with Crippen molar-refractivity contribution < 1.29 is 23.8 Å². The number of hydrogen-bond donors (Lipinski definition) is 1. The van der Waals surface area contributed by atoms with E-state index in [9.17, 15) is 4.79 Å². The first-order valence-electron chi connectivity index (χ1n) is 9.48. The van der Waals surface area contributed by atoms with Gasteiger partial charge in [-0.05, 0) is 60.0 Å². The molecule has 0 unspecified atom stereocenters. The van der Waals surface area contributed by atoms with E-state index < -0.39 is 12.4 Å². The molecule has 4 rings (SSSR count). The van der Waals surface area contributed by atoms with Crippen molar-refractivity contribution in [1.29, 1.82) is 0 Å². The second-order valence-corrected chi connectivity index (χ2v) is 7.38. The third kappa shape index (κ3) is 4.70. The molecule has 29 heavy (non-hydrogen) atoms. The van der Waals surface area contributed by atoms with Gasteiger partial charge in [-0.2, -0.15) is 0 Å². The average Bonchev–Trinajstić information content (AvgIpc) is 3.43. The van der Waals surface area contributed by atoms with Crippen LogP contribution in [0.3, 0.4) is 0 Å². The van der Waals surface area contributed by atoms with Gasteiger partial charge in [0.1, 0.15) is 24.2 Å². The SMILES string of the molecule is O=C(CO)c1ccc(-c2ccc(Cl)c(Cc3ccc(O[C@H]4CCOC4)cc3)c2)o1. The van der Waals surface area contributed by atoms with Crippen molar-refractivity contribution >= 4 is 17.4 Å². The van der Waals surface area contributed by atoms with Crippen LogP contribution in [0.5, 0.6) is 5.75 Å². The van der Waals surface area contributed by atoms with Gasteiger partial charge in [0.25, 0.3) is 0 Å². The highest BCUT2D eigenvalue weighted by Gasteiger charge is 2.17. The Kier molecular flexibility index (Phi) is 6.00. The zero-order valence-electron chi connectivity index (χ0n) is 15.8. The summed E-state index contributed by atoms with van der Waals surface area (Å²) in [7, 11) is 0. The van der Waals surface area contributed by atoms with Gasteiger partial charge in [0.05, 0.1) is 13.2 Å². The summed E-state index contributed by atoms with van der Waals surface area (Å²) in [6.07, 6.45) is 1.70. The molecule has 0 saturated carbocycles. The molecule has 0 amide bonds. The first-order chi connectivity index (χ1) is 14.1. The third-order valence-electron chi connectivity index (χ3n) is 4.86. The fraction of sp³-hybridized carbons (Fsp3) is 0.261. The van der Waals surface area contributed by atoms with E-state index in [0.717, 1.165) is 35.5 Å². The van der Waals surface area contributed by atoms with E-state index in [1.54, 1.807) is 12.1 Å². The molecule has 1 aromatic heterocycles. The average molecular weight is 413 g/mol. The number of hydrogen-bond acceptors (Lipinski definition) is 5. The van der Waals surface area contributed by atoms with Gasteiger partial charge >= 0.3 is 0 Å². The number of aliphatic hydroxyl groups is 1. The number of ether oxygens (including phenoxy) is 2. The van der Waals surface area contributed by atoms with Crippen molar-refractivity contribution in [1.82, 2.24) is 0 Å². The Morgan fingerprint density at radius 1 is 1.14 bits per heavy atom. The first-order valence-corrected chi connectivity index (χ1v) is 9.86. The van der Waals surface area contributed by atoms with Crippen LogP contribution in [0.25, 0.3) is 11.3 Å². The number of aliphatic hydroxyl groups excluding tert-OH is 1. The number of furan rings is 1. The molecule has 1 N–H and O–H groups in total. The summed E-state index contributed by atoms with van der Waals surface area (Å²) in [6, 6.07) is 16.9. The van der Waals surface area contributed by atoms with Crippen LogP contribution >= 0.6 is 11.6 Å². The molecule has 0 bridgehead atoms. The minimum atomic E-state index is -0.577. The van der Waals surface area contributed by atoms with Crippen molar-refractivity contribution in [2.24, 2.45) is 0 Å². The van der Waals surface area contributed by atoms with Gasteiger partial charge in [-0.25, -0.2) is 0 Å². The predicted octanol–water partition coefficient (Wildman–Crippen LogP) is 4.53. The van der Waals surface area contributed by atoms with Crippen molar-refractivity contribution in [3.8, 4) is 17.1 Å². The number of Topliss-reactive ketones (excluding diaryl/α,β-unsaturated/α-hetero) is 1. The predicted molar refractivity (Wildman–Crippen MR) is 110 cm³/mol. The number of carbonyl (C=O) groups excluding carboxylic acids is 1.